The van der Waals surface area contributed by atoms with Gasteiger partial charge in [-0.25, -0.2) is 0 Å². The predicted molar refractivity (Wildman–Crippen MR) is 68.7 cm³/mol. The summed E-state index contributed by atoms with van der Waals surface area (Å²) >= 11 is 1.93. The Kier molecular flexibility index (Phi) is 8.29. The molecule has 0 aliphatic carbocycles. The average molecular weight is 253 g/mol. The van der Waals surface area contributed by atoms with Crippen molar-refractivity contribution in [2.75, 3.05) is 24.6 Å². The van der Waals surface area contributed by atoms with Crippen molar-refractivity contribution in [3.8, 4) is 0 Å². The highest BCUT2D eigenvalue weighted by atomic mass is 35.5. The molecule has 1 unspecified atom stereocenters. The number of hydrogen-bond donors (Lipinski definition) is 1. The van der Waals surface area contributed by atoms with Gasteiger partial charge in [-0.1, -0.05) is 13.3 Å². The summed E-state index contributed by atoms with van der Waals surface area (Å²) < 4.78 is 0. The fourth-order valence-corrected chi connectivity index (χ4v) is 2.52. The molecular formula is C10H21ClN2OS. The van der Waals surface area contributed by atoms with Crippen molar-refractivity contribution in [1.82, 2.24) is 4.90 Å². The minimum absolute atomic E-state index is 0. The maximum Gasteiger partial charge on any atom is 0.239 e. The van der Waals surface area contributed by atoms with Gasteiger partial charge in [0, 0.05) is 18.8 Å². The van der Waals surface area contributed by atoms with Crippen molar-refractivity contribution >= 4 is 30.1 Å². The number of halogens is 1. The van der Waals surface area contributed by atoms with Crippen molar-refractivity contribution in [2.45, 2.75) is 32.2 Å². The summed E-state index contributed by atoms with van der Waals surface area (Å²) in [6, 6.07) is -0.275. The molecule has 1 aliphatic heterocycles. The maximum atomic E-state index is 11.8. The molecule has 1 rings (SSSR count). The van der Waals surface area contributed by atoms with Crippen molar-refractivity contribution in [3.63, 3.8) is 0 Å². The molecule has 15 heavy (non-hydrogen) atoms. The minimum atomic E-state index is -0.275. The van der Waals surface area contributed by atoms with Gasteiger partial charge < -0.3 is 10.6 Å². The van der Waals surface area contributed by atoms with Crippen LogP contribution >= 0.6 is 24.2 Å². The van der Waals surface area contributed by atoms with Crippen molar-refractivity contribution in [2.24, 2.45) is 5.73 Å². The quantitative estimate of drug-likeness (QED) is 0.828. The summed E-state index contributed by atoms with van der Waals surface area (Å²) in [7, 11) is 0. The van der Waals surface area contributed by atoms with E-state index < -0.39 is 0 Å². The SMILES string of the molecule is CCCC(N)C(=O)N1CCCSCC1.Cl. The van der Waals surface area contributed by atoms with E-state index in [1.807, 2.05) is 16.7 Å². The molecule has 90 valence electrons. The molecule has 1 fully saturated rings. The Bertz CT molecular complexity index is 184. The number of nitrogens with zero attached hydrogens (tertiary/aromatic N) is 1. The van der Waals surface area contributed by atoms with Crippen LogP contribution in [0.3, 0.4) is 0 Å². The van der Waals surface area contributed by atoms with Gasteiger partial charge in [0.15, 0.2) is 0 Å². The molecule has 1 heterocycles. The lowest BCUT2D eigenvalue weighted by atomic mass is 10.1. The highest BCUT2D eigenvalue weighted by Crippen LogP contribution is 2.11. The Morgan fingerprint density at radius 3 is 2.87 bits per heavy atom. The van der Waals surface area contributed by atoms with E-state index >= 15 is 0 Å². The summed E-state index contributed by atoms with van der Waals surface area (Å²) in [6.07, 6.45) is 2.90. The van der Waals surface area contributed by atoms with Crippen LogP contribution in [0.2, 0.25) is 0 Å². The second-order valence-corrected chi connectivity index (χ2v) is 4.91. The number of hydrogen-bond acceptors (Lipinski definition) is 3. The molecule has 3 nitrogen and oxygen atoms in total. The van der Waals surface area contributed by atoms with Crippen LogP contribution in [0.25, 0.3) is 0 Å². The molecule has 0 aromatic rings. The normalized spacial score (nSPS) is 18.9. The average Bonchev–Trinajstić information content (AvgIpc) is 2.45. The van der Waals surface area contributed by atoms with Gasteiger partial charge in [0.1, 0.15) is 0 Å². The molecule has 0 aromatic carbocycles. The van der Waals surface area contributed by atoms with Crippen LogP contribution in [-0.2, 0) is 4.79 Å². The van der Waals surface area contributed by atoms with Gasteiger partial charge in [0.05, 0.1) is 6.04 Å². The molecule has 1 aliphatic rings. The van der Waals surface area contributed by atoms with Crippen LogP contribution in [0.4, 0.5) is 0 Å². The zero-order valence-electron chi connectivity index (χ0n) is 9.28. The number of amides is 1. The van der Waals surface area contributed by atoms with Crippen molar-refractivity contribution < 1.29 is 4.79 Å². The molecule has 1 amide bonds. The van der Waals surface area contributed by atoms with Gasteiger partial charge >= 0.3 is 0 Å². The molecule has 0 radical (unpaired) electrons. The number of thioether (sulfide) groups is 1. The van der Waals surface area contributed by atoms with Gasteiger partial charge in [-0.15, -0.1) is 12.4 Å². The topological polar surface area (TPSA) is 46.3 Å². The first-order chi connectivity index (χ1) is 6.75. The summed E-state index contributed by atoms with van der Waals surface area (Å²) in [5.74, 6) is 2.38. The molecule has 0 aromatic heterocycles. The lowest BCUT2D eigenvalue weighted by molar-refractivity contribution is -0.132. The zero-order valence-corrected chi connectivity index (χ0v) is 10.9. The van der Waals surface area contributed by atoms with Crippen molar-refractivity contribution in [3.05, 3.63) is 0 Å². The highest BCUT2D eigenvalue weighted by molar-refractivity contribution is 7.99. The number of carbonyl (C=O) groups excluding carboxylic acids is 1. The first kappa shape index (κ1) is 15.1. The number of rotatable bonds is 3. The van der Waals surface area contributed by atoms with E-state index in [9.17, 15) is 4.79 Å². The summed E-state index contributed by atoms with van der Waals surface area (Å²) in [5, 5.41) is 0. The number of carbonyl (C=O) groups is 1. The monoisotopic (exact) mass is 252 g/mol. The molecule has 5 heteroatoms. The summed E-state index contributed by atoms with van der Waals surface area (Å²) in [4.78, 5) is 13.8. The maximum absolute atomic E-state index is 11.8. The number of nitrogens with two attached hydrogens (primary N) is 1. The Balaban J connectivity index is 0.00000196. The zero-order chi connectivity index (χ0) is 10.4. The third-order valence-corrected chi connectivity index (χ3v) is 3.50. The lowest BCUT2D eigenvalue weighted by Gasteiger charge is -2.23. The Morgan fingerprint density at radius 2 is 2.20 bits per heavy atom. The smallest absolute Gasteiger partial charge is 0.239 e. The van der Waals surface area contributed by atoms with Gasteiger partial charge in [-0.3, -0.25) is 4.79 Å². The molecule has 0 bridgehead atoms. The molecule has 1 atom stereocenters. The van der Waals surface area contributed by atoms with E-state index in [0.29, 0.717) is 0 Å². The second-order valence-electron chi connectivity index (χ2n) is 3.69. The van der Waals surface area contributed by atoms with Crippen LogP contribution in [0, 0.1) is 0 Å². The van der Waals surface area contributed by atoms with Crippen LogP contribution in [-0.4, -0.2) is 41.4 Å². The highest BCUT2D eigenvalue weighted by Gasteiger charge is 2.20. The van der Waals surface area contributed by atoms with E-state index in [-0.39, 0.29) is 24.4 Å². The standard InChI is InChI=1S/C10H20N2OS.ClH/c1-2-4-9(11)10(13)12-5-3-7-14-8-6-12;/h9H,2-8,11H2,1H3;1H. The third kappa shape index (κ3) is 5.09. The summed E-state index contributed by atoms with van der Waals surface area (Å²) in [5.41, 5.74) is 5.81. The van der Waals surface area contributed by atoms with E-state index in [0.717, 1.165) is 38.1 Å². The largest absolute Gasteiger partial charge is 0.340 e. The lowest BCUT2D eigenvalue weighted by Crippen LogP contribution is -2.44. The van der Waals surface area contributed by atoms with Crippen LogP contribution in [0.15, 0.2) is 0 Å². The van der Waals surface area contributed by atoms with Crippen molar-refractivity contribution in [1.29, 1.82) is 0 Å². The molecule has 1 saturated heterocycles. The van der Waals surface area contributed by atoms with E-state index in [1.54, 1.807) is 0 Å². The minimum Gasteiger partial charge on any atom is -0.340 e. The Hall–Kier alpha value is 0.0700. The third-order valence-electron chi connectivity index (χ3n) is 2.45. The van der Waals surface area contributed by atoms with Gasteiger partial charge in [-0.2, -0.15) is 11.8 Å². The first-order valence-electron chi connectivity index (χ1n) is 5.37. The first-order valence-corrected chi connectivity index (χ1v) is 6.53. The molecule has 0 saturated carbocycles. The summed E-state index contributed by atoms with van der Waals surface area (Å²) in [6.45, 7) is 3.83. The van der Waals surface area contributed by atoms with E-state index in [4.69, 9.17) is 5.73 Å². The van der Waals surface area contributed by atoms with Gasteiger partial charge in [-0.05, 0) is 18.6 Å². The second kappa shape index (κ2) is 8.25. The molecular weight excluding hydrogens is 232 g/mol. The molecule has 0 spiro atoms. The van der Waals surface area contributed by atoms with E-state index in [1.165, 1.54) is 5.75 Å². The fraction of sp³-hybridized carbons (Fsp3) is 0.900. The Morgan fingerprint density at radius 1 is 1.47 bits per heavy atom. The van der Waals surface area contributed by atoms with E-state index in [2.05, 4.69) is 6.92 Å². The predicted octanol–water partition coefficient (Wildman–Crippen LogP) is 1.50. The van der Waals surface area contributed by atoms with Crippen LogP contribution < -0.4 is 5.73 Å². The Labute approximate surface area is 103 Å². The van der Waals surface area contributed by atoms with Gasteiger partial charge in [0.25, 0.3) is 0 Å². The fourth-order valence-electron chi connectivity index (χ4n) is 1.64. The van der Waals surface area contributed by atoms with Crippen LogP contribution in [0.1, 0.15) is 26.2 Å². The molecule has 2 N–H and O–H groups in total. The van der Waals surface area contributed by atoms with Gasteiger partial charge in [0.2, 0.25) is 5.91 Å². The van der Waals surface area contributed by atoms with Crippen LogP contribution in [0.5, 0.6) is 0 Å².